The van der Waals surface area contributed by atoms with Gasteiger partial charge in [-0.25, -0.2) is 4.79 Å². The Kier molecular flexibility index (Phi) is 12.3. The third-order valence-electron chi connectivity index (χ3n) is 6.62. The lowest BCUT2D eigenvalue weighted by atomic mass is 9.73. The van der Waals surface area contributed by atoms with Crippen LogP contribution in [0.3, 0.4) is 0 Å². The van der Waals surface area contributed by atoms with Crippen molar-refractivity contribution in [3.63, 3.8) is 0 Å². The van der Waals surface area contributed by atoms with Crippen LogP contribution in [0.5, 0.6) is 11.5 Å². The molecule has 0 saturated carbocycles. The fraction of sp³-hybridized carbons (Fsp3) is 0.250. The fourth-order valence-corrected chi connectivity index (χ4v) is 4.38. The van der Waals surface area contributed by atoms with Crippen molar-refractivity contribution in [2.24, 2.45) is 0 Å². The molecule has 0 aliphatic heterocycles. The summed E-state index contributed by atoms with van der Waals surface area (Å²) in [5.41, 5.74) is 1.37. The second-order valence-electron chi connectivity index (χ2n) is 9.38. The minimum Gasteiger partial charge on any atom is -0.497 e. The van der Waals surface area contributed by atoms with Crippen LogP contribution in [0.4, 0.5) is 0 Å². The first-order valence-electron chi connectivity index (χ1n) is 13.0. The normalized spacial score (nSPS) is 11.0. The first kappa shape index (κ1) is 33.1. The summed E-state index contributed by atoms with van der Waals surface area (Å²) in [6, 6.07) is 20.8. The van der Waals surface area contributed by atoms with E-state index in [1.54, 1.807) is 73.7 Å². The molecule has 3 rings (SSSR count). The van der Waals surface area contributed by atoms with Gasteiger partial charge < -0.3 is 30.1 Å². The largest absolute Gasteiger partial charge is 0.497 e. The van der Waals surface area contributed by atoms with Gasteiger partial charge in [0.2, 0.25) is 0 Å². The zero-order valence-electron chi connectivity index (χ0n) is 23.9. The molecule has 3 aromatic carbocycles. The number of carboxylic acids is 3. The zero-order chi connectivity index (χ0) is 31.3. The van der Waals surface area contributed by atoms with Crippen LogP contribution in [0.2, 0.25) is 0 Å². The van der Waals surface area contributed by atoms with E-state index in [0.717, 1.165) is 11.1 Å². The van der Waals surface area contributed by atoms with Gasteiger partial charge in [-0.15, -0.1) is 0 Å². The summed E-state index contributed by atoms with van der Waals surface area (Å²) in [7, 11) is 3.01. The van der Waals surface area contributed by atoms with Crippen molar-refractivity contribution in [3.8, 4) is 11.5 Å². The van der Waals surface area contributed by atoms with Gasteiger partial charge in [-0.3, -0.25) is 14.4 Å². The van der Waals surface area contributed by atoms with Crippen molar-refractivity contribution in [3.05, 3.63) is 101 Å². The molecule has 0 spiro atoms. The van der Waals surface area contributed by atoms with Gasteiger partial charge >= 0.3 is 17.9 Å². The smallest absolute Gasteiger partial charge is 0.352 e. The van der Waals surface area contributed by atoms with Crippen LogP contribution < -0.4 is 14.8 Å². The van der Waals surface area contributed by atoms with Gasteiger partial charge in [0.25, 0.3) is 5.91 Å². The van der Waals surface area contributed by atoms with Crippen LogP contribution in [-0.2, 0) is 19.8 Å². The Labute approximate surface area is 244 Å². The third-order valence-corrected chi connectivity index (χ3v) is 6.62. The van der Waals surface area contributed by atoms with Crippen LogP contribution in [0.25, 0.3) is 6.08 Å². The third kappa shape index (κ3) is 9.22. The van der Waals surface area contributed by atoms with E-state index in [-0.39, 0.29) is 18.5 Å². The number of aryl methyl sites for hydroxylation is 1. The van der Waals surface area contributed by atoms with E-state index in [4.69, 9.17) is 19.7 Å². The summed E-state index contributed by atoms with van der Waals surface area (Å²) in [6.07, 6.45) is 1.52. The fourth-order valence-electron chi connectivity index (χ4n) is 4.38. The average Bonchev–Trinajstić information content (AvgIpc) is 2.97. The van der Waals surface area contributed by atoms with E-state index in [0.29, 0.717) is 29.0 Å². The molecule has 0 aromatic heterocycles. The number of carbonyl (C=O) groups is 4. The second-order valence-corrected chi connectivity index (χ2v) is 9.38. The lowest BCUT2D eigenvalue weighted by Crippen LogP contribution is -2.31. The molecule has 0 atom stereocenters. The molecule has 0 aliphatic rings. The van der Waals surface area contributed by atoms with Crippen LogP contribution >= 0.6 is 0 Å². The van der Waals surface area contributed by atoms with Crippen LogP contribution in [0, 0.1) is 6.92 Å². The highest BCUT2D eigenvalue weighted by molar-refractivity contribution is 6.03. The molecule has 0 saturated heterocycles. The quantitative estimate of drug-likeness (QED) is 0.213. The highest BCUT2D eigenvalue weighted by Crippen LogP contribution is 2.35. The number of carbonyl (C=O) groups excluding carboxylic acids is 1. The number of hydrogen-bond donors (Lipinski definition) is 4. The number of amides is 1. The Morgan fingerprint density at radius 1 is 0.833 bits per heavy atom. The van der Waals surface area contributed by atoms with Crippen LogP contribution in [0.1, 0.15) is 53.2 Å². The molecule has 0 bridgehead atoms. The maximum Gasteiger partial charge on any atom is 0.352 e. The van der Waals surface area contributed by atoms with Gasteiger partial charge in [0.15, 0.2) is 0 Å². The van der Waals surface area contributed by atoms with Crippen molar-refractivity contribution in [2.45, 2.75) is 38.5 Å². The maximum atomic E-state index is 12.2. The van der Waals surface area contributed by atoms with Crippen molar-refractivity contribution < 1.29 is 44.0 Å². The lowest BCUT2D eigenvalue weighted by Gasteiger charge is -2.30. The summed E-state index contributed by atoms with van der Waals surface area (Å²) >= 11 is 0. The van der Waals surface area contributed by atoms with Gasteiger partial charge in [-0.05, 0) is 48.7 Å². The molecular weight excluding hydrogens is 542 g/mol. The predicted molar refractivity (Wildman–Crippen MR) is 157 cm³/mol. The molecule has 3 aromatic rings. The summed E-state index contributed by atoms with van der Waals surface area (Å²) in [5, 5.41) is 29.8. The Bertz CT molecular complexity index is 1400. The number of ether oxygens (including phenoxy) is 2. The van der Waals surface area contributed by atoms with Gasteiger partial charge in [0, 0.05) is 22.6 Å². The molecule has 0 fully saturated rings. The minimum atomic E-state index is -1.25. The van der Waals surface area contributed by atoms with Crippen molar-refractivity contribution in [2.75, 3.05) is 14.2 Å². The van der Waals surface area contributed by atoms with Gasteiger partial charge in [0.05, 0.1) is 27.1 Å². The van der Waals surface area contributed by atoms with Crippen molar-refractivity contribution in [1.29, 1.82) is 0 Å². The minimum absolute atomic E-state index is 0.167. The van der Waals surface area contributed by atoms with E-state index in [1.165, 1.54) is 20.3 Å². The molecule has 10 nitrogen and oxygen atoms in total. The van der Waals surface area contributed by atoms with Crippen LogP contribution in [-0.4, -0.2) is 53.4 Å². The lowest BCUT2D eigenvalue weighted by molar-refractivity contribution is -0.141. The SMILES string of the molecule is CCC(CC(=O)O)(CC(=O)O)c1ccccc1.COc1cc(C)c(/C=C(\NC(=O)c2ccccc2)C(=O)O)c(OC)c1. The molecule has 0 radical (unpaired) electrons. The number of hydrogen-bond acceptors (Lipinski definition) is 6. The van der Waals surface area contributed by atoms with E-state index in [1.807, 2.05) is 13.0 Å². The maximum absolute atomic E-state index is 12.2. The van der Waals surface area contributed by atoms with E-state index >= 15 is 0 Å². The Morgan fingerprint density at radius 2 is 1.38 bits per heavy atom. The van der Waals surface area contributed by atoms with Gasteiger partial charge in [-0.1, -0.05) is 55.5 Å². The molecule has 0 unspecified atom stereocenters. The number of benzene rings is 3. The molecule has 10 heteroatoms. The summed E-state index contributed by atoms with van der Waals surface area (Å²) in [6.45, 7) is 3.62. The summed E-state index contributed by atoms with van der Waals surface area (Å²) in [5.74, 6) is -2.66. The van der Waals surface area contributed by atoms with E-state index < -0.39 is 29.2 Å². The standard InChI is InChI=1S/C19H19NO5.C13H16O4/c1-12-9-14(24-2)10-17(25-3)15(12)11-16(19(22)23)20-18(21)13-7-5-4-6-8-13;1-2-13(8-11(14)15,9-12(16)17)10-6-4-3-5-7-10/h4-11H,1-3H3,(H,20,21)(H,22,23);3-7H,2,8-9H2,1H3,(H,14,15)(H,16,17)/b16-11-;. The highest BCUT2D eigenvalue weighted by atomic mass is 16.5. The summed E-state index contributed by atoms with van der Waals surface area (Å²) in [4.78, 5) is 45.7. The molecule has 4 N–H and O–H groups in total. The molecule has 0 heterocycles. The second kappa shape index (κ2) is 15.6. The number of aliphatic carboxylic acids is 3. The topological polar surface area (TPSA) is 159 Å². The first-order chi connectivity index (χ1) is 20.0. The molecule has 1 amide bonds. The predicted octanol–water partition coefficient (Wildman–Crippen LogP) is 5.15. The zero-order valence-corrected chi connectivity index (χ0v) is 23.9. The van der Waals surface area contributed by atoms with E-state index in [9.17, 15) is 24.3 Å². The van der Waals surface area contributed by atoms with Gasteiger partial charge in [-0.2, -0.15) is 0 Å². The summed E-state index contributed by atoms with van der Waals surface area (Å²) < 4.78 is 10.5. The average molecular weight is 578 g/mol. The van der Waals surface area contributed by atoms with Crippen LogP contribution in [0.15, 0.2) is 78.5 Å². The molecule has 42 heavy (non-hydrogen) atoms. The monoisotopic (exact) mass is 577 g/mol. The van der Waals surface area contributed by atoms with Crippen molar-refractivity contribution >= 4 is 29.9 Å². The molecular formula is C32H35NO9. The number of carboxylic acid groups (broad SMARTS) is 3. The Morgan fingerprint density at radius 3 is 1.83 bits per heavy atom. The first-order valence-corrected chi connectivity index (χ1v) is 13.0. The van der Waals surface area contributed by atoms with Crippen molar-refractivity contribution in [1.82, 2.24) is 5.32 Å². The highest BCUT2D eigenvalue weighted by Gasteiger charge is 2.35. The number of methoxy groups -OCH3 is 2. The number of rotatable bonds is 12. The number of nitrogens with one attached hydrogen (secondary N) is 1. The Hall–Kier alpha value is -5.12. The van der Waals surface area contributed by atoms with Gasteiger partial charge in [0.1, 0.15) is 17.2 Å². The van der Waals surface area contributed by atoms with E-state index in [2.05, 4.69) is 5.32 Å². The Balaban J connectivity index is 0.000000317. The molecule has 222 valence electrons. The molecule has 0 aliphatic carbocycles.